The van der Waals surface area contributed by atoms with Crippen molar-refractivity contribution in [3.05, 3.63) is 28.8 Å². The molecule has 4 N–H and O–H groups in total. The van der Waals surface area contributed by atoms with Crippen molar-refractivity contribution < 1.29 is 9.59 Å². The van der Waals surface area contributed by atoms with Crippen molar-refractivity contribution >= 4 is 29.1 Å². The Hall–Kier alpha value is -1.59. The van der Waals surface area contributed by atoms with Crippen LogP contribution in [0.2, 0.25) is 5.02 Å². The van der Waals surface area contributed by atoms with Crippen LogP contribution in [0, 0.1) is 6.92 Å². The number of aryl methyl sites for hydroxylation is 1. The van der Waals surface area contributed by atoms with Gasteiger partial charge in [-0.3, -0.25) is 9.59 Å². The molecule has 6 heteroatoms. The van der Waals surface area contributed by atoms with Gasteiger partial charge in [-0.15, -0.1) is 0 Å². The molecule has 0 atom stereocenters. The van der Waals surface area contributed by atoms with E-state index in [9.17, 15) is 9.59 Å². The van der Waals surface area contributed by atoms with Gasteiger partial charge in [-0.05, 0) is 37.6 Å². The fourth-order valence-corrected chi connectivity index (χ4v) is 1.73. The number of anilines is 1. The van der Waals surface area contributed by atoms with Crippen LogP contribution in [0.25, 0.3) is 0 Å². The molecule has 0 aliphatic carbocycles. The highest BCUT2D eigenvalue weighted by molar-refractivity contribution is 6.33. The zero-order valence-corrected chi connectivity index (χ0v) is 11.6. The summed E-state index contributed by atoms with van der Waals surface area (Å²) in [6.45, 7) is 2.29. The average Bonchev–Trinajstić information content (AvgIpc) is 2.37. The van der Waals surface area contributed by atoms with Crippen LogP contribution in [0.3, 0.4) is 0 Å². The van der Waals surface area contributed by atoms with Gasteiger partial charge in [0.15, 0.2) is 0 Å². The Kier molecular flexibility index (Phi) is 6.32. The fraction of sp³-hybridized carbons (Fsp3) is 0.385. The van der Waals surface area contributed by atoms with E-state index in [2.05, 4.69) is 10.6 Å². The Labute approximate surface area is 117 Å². The van der Waals surface area contributed by atoms with E-state index >= 15 is 0 Å². The second-order valence-corrected chi connectivity index (χ2v) is 4.61. The smallest absolute Gasteiger partial charge is 0.243 e. The summed E-state index contributed by atoms with van der Waals surface area (Å²) in [5.74, 6) is -0.498. The molecule has 2 amide bonds. The summed E-state index contributed by atoms with van der Waals surface area (Å²) < 4.78 is 0. The predicted molar refractivity (Wildman–Crippen MR) is 76.1 cm³/mol. The third-order valence-electron chi connectivity index (χ3n) is 2.45. The number of carbonyl (C=O) groups is 2. The van der Waals surface area contributed by atoms with Crippen molar-refractivity contribution in [3.8, 4) is 0 Å². The molecule has 0 unspecified atom stereocenters. The number of nitrogens with two attached hydrogens (primary N) is 1. The molecule has 19 heavy (non-hydrogen) atoms. The lowest BCUT2D eigenvalue weighted by Crippen LogP contribution is -2.33. The minimum absolute atomic E-state index is 0.0758. The molecule has 0 fully saturated rings. The SMILES string of the molecule is Cc1ccc(NC(=O)CNC(=O)CCCN)c(Cl)c1. The van der Waals surface area contributed by atoms with Gasteiger partial charge in [0, 0.05) is 6.42 Å². The molecule has 0 spiro atoms. The number of carbonyl (C=O) groups excluding carboxylic acids is 2. The van der Waals surface area contributed by atoms with Crippen LogP contribution in [-0.4, -0.2) is 24.9 Å². The Balaban J connectivity index is 2.41. The lowest BCUT2D eigenvalue weighted by atomic mass is 10.2. The number of amides is 2. The largest absolute Gasteiger partial charge is 0.347 e. The summed E-state index contributed by atoms with van der Waals surface area (Å²) in [6.07, 6.45) is 0.937. The van der Waals surface area contributed by atoms with E-state index in [0.717, 1.165) is 5.56 Å². The van der Waals surface area contributed by atoms with E-state index in [4.69, 9.17) is 17.3 Å². The van der Waals surface area contributed by atoms with E-state index in [1.165, 1.54) is 0 Å². The molecule has 0 aromatic heterocycles. The number of hydrogen-bond acceptors (Lipinski definition) is 3. The van der Waals surface area contributed by atoms with Crippen LogP contribution < -0.4 is 16.4 Å². The maximum atomic E-state index is 11.6. The zero-order chi connectivity index (χ0) is 14.3. The van der Waals surface area contributed by atoms with Gasteiger partial charge in [0.2, 0.25) is 11.8 Å². The molecule has 0 radical (unpaired) electrons. The molecule has 5 nitrogen and oxygen atoms in total. The Morgan fingerprint density at radius 3 is 2.68 bits per heavy atom. The summed E-state index contributed by atoms with van der Waals surface area (Å²) in [4.78, 5) is 22.9. The van der Waals surface area contributed by atoms with Gasteiger partial charge in [0.25, 0.3) is 0 Å². The quantitative estimate of drug-likeness (QED) is 0.739. The van der Waals surface area contributed by atoms with Crippen LogP contribution in [0.4, 0.5) is 5.69 Å². The van der Waals surface area contributed by atoms with Gasteiger partial charge < -0.3 is 16.4 Å². The molecular weight excluding hydrogens is 266 g/mol. The molecule has 0 heterocycles. The monoisotopic (exact) mass is 283 g/mol. The highest BCUT2D eigenvalue weighted by atomic mass is 35.5. The van der Waals surface area contributed by atoms with E-state index in [0.29, 0.717) is 30.1 Å². The van der Waals surface area contributed by atoms with Crippen molar-refractivity contribution in [1.29, 1.82) is 0 Å². The molecular formula is C13H18ClN3O2. The third-order valence-corrected chi connectivity index (χ3v) is 2.77. The highest BCUT2D eigenvalue weighted by Crippen LogP contribution is 2.22. The van der Waals surface area contributed by atoms with Crippen LogP contribution in [-0.2, 0) is 9.59 Å². The Bertz CT molecular complexity index is 463. The van der Waals surface area contributed by atoms with Gasteiger partial charge in [-0.2, -0.15) is 0 Å². The molecule has 0 saturated carbocycles. The van der Waals surface area contributed by atoms with Gasteiger partial charge >= 0.3 is 0 Å². The van der Waals surface area contributed by atoms with E-state index in [1.54, 1.807) is 12.1 Å². The molecule has 0 aliphatic heterocycles. The normalized spacial score (nSPS) is 10.1. The second-order valence-electron chi connectivity index (χ2n) is 4.20. The number of benzene rings is 1. The average molecular weight is 284 g/mol. The molecule has 104 valence electrons. The zero-order valence-electron chi connectivity index (χ0n) is 10.8. The summed E-state index contributed by atoms with van der Waals surface area (Å²) >= 11 is 5.99. The molecule has 1 aromatic rings. The topological polar surface area (TPSA) is 84.2 Å². The number of hydrogen-bond donors (Lipinski definition) is 3. The van der Waals surface area contributed by atoms with Gasteiger partial charge in [0.05, 0.1) is 17.3 Å². The standard InChI is InChI=1S/C13H18ClN3O2/c1-9-4-5-11(10(14)7-9)17-13(19)8-16-12(18)3-2-6-15/h4-5,7H,2-3,6,8,15H2,1H3,(H,16,18)(H,17,19). The van der Waals surface area contributed by atoms with Gasteiger partial charge in [0.1, 0.15) is 0 Å². The Morgan fingerprint density at radius 1 is 1.32 bits per heavy atom. The Morgan fingerprint density at radius 2 is 2.05 bits per heavy atom. The van der Waals surface area contributed by atoms with Crippen LogP contribution in [0.1, 0.15) is 18.4 Å². The minimum atomic E-state index is -0.313. The summed E-state index contributed by atoms with van der Waals surface area (Å²) in [7, 11) is 0. The lowest BCUT2D eigenvalue weighted by Gasteiger charge is -2.08. The number of rotatable bonds is 6. The number of halogens is 1. The van der Waals surface area contributed by atoms with Crippen LogP contribution in [0.15, 0.2) is 18.2 Å². The molecule has 0 aliphatic rings. The minimum Gasteiger partial charge on any atom is -0.347 e. The molecule has 0 bridgehead atoms. The fourth-order valence-electron chi connectivity index (χ4n) is 1.45. The van der Waals surface area contributed by atoms with Crippen molar-refractivity contribution in [3.63, 3.8) is 0 Å². The van der Waals surface area contributed by atoms with Gasteiger partial charge in [-0.1, -0.05) is 17.7 Å². The number of nitrogens with one attached hydrogen (secondary N) is 2. The van der Waals surface area contributed by atoms with Crippen molar-refractivity contribution in [2.45, 2.75) is 19.8 Å². The first-order chi connectivity index (χ1) is 9.02. The van der Waals surface area contributed by atoms with Crippen molar-refractivity contribution in [1.82, 2.24) is 5.32 Å². The summed E-state index contributed by atoms with van der Waals surface area (Å²) in [5.41, 5.74) is 6.84. The first-order valence-electron chi connectivity index (χ1n) is 6.05. The lowest BCUT2D eigenvalue weighted by molar-refractivity contribution is -0.124. The molecule has 1 aromatic carbocycles. The highest BCUT2D eigenvalue weighted by Gasteiger charge is 2.07. The predicted octanol–water partition coefficient (Wildman–Crippen LogP) is 1.44. The first-order valence-corrected chi connectivity index (χ1v) is 6.43. The second kappa shape index (κ2) is 7.76. The molecule has 1 rings (SSSR count). The third kappa shape index (κ3) is 5.72. The maximum Gasteiger partial charge on any atom is 0.243 e. The van der Waals surface area contributed by atoms with Crippen molar-refractivity contribution in [2.24, 2.45) is 5.73 Å². The first kappa shape index (κ1) is 15.5. The van der Waals surface area contributed by atoms with Crippen LogP contribution in [0.5, 0.6) is 0 Å². The van der Waals surface area contributed by atoms with Gasteiger partial charge in [-0.25, -0.2) is 0 Å². The van der Waals surface area contributed by atoms with Crippen molar-refractivity contribution in [2.75, 3.05) is 18.4 Å². The summed E-state index contributed by atoms with van der Waals surface area (Å²) in [6, 6.07) is 5.34. The molecule has 0 saturated heterocycles. The van der Waals surface area contributed by atoms with E-state index in [-0.39, 0.29) is 18.4 Å². The van der Waals surface area contributed by atoms with E-state index < -0.39 is 0 Å². The maximum absolute atomic E-state index is 11.6. The van der Waals surface area contributed by atoms with E-state index in [1.807, 2.05) is 13.0 Å². The van der Waals surface area contributed by atoms with Crippen LogP contribution >= 0.6 is 11.6 Å². The summed E-state index contributed by atoms with van der Waals surface area (Å²) in [5, 5.41) is 5.63.